The third-order valence-electron chi connectivity index (χ3n) is 2.60. The van der Waals surface area contributed by atoms with Gasteiger partial charge in [0, 0.05) is 6.42 Å². The van der Waals surface area contributed by atoms with E-state index in [0.717, 1.165) is 5.56 Å². The molecule has 106 valence electrons. The lowest BCUT2D eigenvalue weighted by Crippen LogP contribution is -2.33. The Morgan fingerprint density at radius 2 is 2.11 bits per heavy atom. The Labute approximate surface area is 112 Å². The van der Waals surface area contributed by atoms with Crippen molar-refractivity contribution in [3.05, 3.63) is 23.8 Å². The van der Waals surface area contributed by atoms with Crippen molar-refractivity contribution in [2.75, 3.05) is 20.8 Å². The van der Waals surface area contributed by atoms with Crippen molar-refractivity contribution in [1.29, 1.82) is 0 Å². The summed E-state index contributed by atoms with van der Waals surface area (Å²) in [6, 6.07) is 4.43. The molecule has 0 aliphatic heterocycles. The molecule has 0 saturated carbocycles. The second kappa shape index (κ2) is 7.60. The van der Waals surface area contributed by atoms with Crippen molar-refractivity contribution in [2.45, 2.75) is 19.1 Å². The zero-order valence-corrected chi connectivity index (χ0v) is 11.1. The Hall–Kier alpha value is -1.79. The molecule has 0 fully saturated rings. The number of nitrogens with two attached hydrogens (primary N) is 1. The van der Waals surface area contributed by atoms with Gasteiger partial charge in [0.15, 0.2) is 11.5 Å². The monoisotopic (exact) mass is 269 g/mol. The van der Waals surface area contributed by atoms with Crippen molar-refractivity contribution >= 4 is 5.97 Å². The summed E-state index contributed by atoms with van der Waals surface area (Å²) in [5.41, 5.74) is 6.32. The van der Waals surface area contributed by atoms with Gasteiger partial charge in [0.1, 0.15) is 6.04 Å². The molecule has 0 saturated heterocycles. The minimum atomic E-state index is -0.701. The zero-order chi connectivity index (χ0) is 14.3. The summed E-state index contributed by atoms with van der Waals surface area (Å²) in [5.74, 6) is 0.598. The van der Waals surface area contributed by atoms with Gasteiger partial charge in [0.05, 0.1) is 27.4 Å². The van der Waals surface area contributed by atoms with Crippen LogP contribution in [0, 0.1) is 0 Å². The van der Waals surface area contributed by atoms with Crippen LogP contribution in [-0.2, 0) is 16.1 Å². The molecule has 0 aromatic heterocycles. The van der Waals surface area contributed by atoms with E-state index in [1.54, 1.807) is 18.2 Å². The Balaban J connectivity index is 2.55. The number of aliphatic hydroxyl groups excluding tert-OH is 1. The van der Waals surface area contributed by atoms with Crippen LogP contribution in [0.4, 0.5) is 0 Å². The topological polar surface area (TPSA) is 91.0 Å². The largest absolute Gasteiger partial charge is 0.493 e. The molecule has 0 heterocycles. The first-order valence-corrected chi connectivity index (χ1v) is 5.86. The third-order valence-corrected chi connectivity index (χ3v) is 2.60. The summed E-state index contributed by atoms with van der Waals surface area (Å²) in [4.78, 5) is 11.1. The molecule has 0 aliphatic carbocycles. The highest BCUT2D eigenvalue weighted by atomic mass is 16.5. The van der Waals surface area contributed by atoms with E-state index in [-0.39, 0.29) is 13.2 Å². The van der Waals surface area contributed by atoms with E-state index >= 15 is 0 Å². The molecule has 0 radical (unpaired) electrons. The third kappa shape index (κ3) is 4.42. The summed E-state index contributed by atoms with van der Waals surface area (Å²) < 4.78 is 15.2. The number of hydrogen-bond acceptors (Lipinski definition) is 6. The summed E-state index contributed by atoms with van der Waals surface area (Å²) in [6.07, 6.45) is 0.345. The first-order valence-electron chi connectivity index (χ1n) is 5.86. The lowest BCUT2D eigenvalue weighted by Gasteiger charge is -2.13. The predicted octanol–water partition coefficient (Wildman–Crippen LogP) is 0.457. The molecule has 0 bridgehead atoms. The first-order chi connectivity index (χ1) is 9.12. The Morgan fingerprint density at radius 1 is 1.37 bits per heavy atom. The lowest BCUT2D eigenvalue weighted by atomic mass is 10.2. The summed E-state index contributed by atoms with van der Waals surface area (Å²) >= 11 is 0. The lowest BCUT2D eigenvalue weighted by molar-refractivity contribution is -0.142. The summed E-state index contributed by atoms with van der Waals surface area (Å²) in [6.45, 7) is 0.203. The minimum Gasteiger partial charge on any atom is -0.493 e. The van der Waals surface area contributed by atoms with Crippen LogP contribution in [0.25, 0.3) is 0 Å². The normalized spacial score (nSPS) is 11.8. The number of carbonyl (C=O) groups excluding carboxylic acids is 1. The van der Waals surface area contributed by atoms with Crippen LogP contribution in [0.2, 0.25) is 0 Å². The van der Waals surface area contributed by atoms with Crippen LogP contribution in [0.15, 0.2) is 18.2 Å². The van der Waals surface area contributed by atoms with Gasteiger partial charge >= 0.3 is 5.97 Å². The maximum atomic E-state index is 11.1. The second-order valence-corrected chi connectivity index (χ2v) is 3.91. The first kappa shape index (κ1) is 15.3. The highest BCUT2D eigenvalue weighted by molar-refractivity contribution is 5.75. The van der Waals surface area contributed by atoms with E-state index in [2.05, 4.69) is 4.74 Å². The molecule has 0 spiro atoms. The van der Waals surface area contributed by atoms with Gasteiger partial charge in [-0.1, -0.05) is 6.07 Å². The van der Waals surface area contributed by atoms with Crippen molar-refractivity contribution in [3.63, 3.8) is 0 Å². The fourth-order valence-corrected chi connectivity index (χ4v) is 1.49. The van der Waals surface area contributed by atoms with Crippen LogP contribution in [0.1, 0.15) is 12.0 Å². The van der Waals surface area contributed by atoms with Crippen molar-refractivity contribution < 1.29 is 24.1 Å². The number of rotatable bonds is 7. The molecule has 0 aliphatic rings. The minimum absolute atomic E-state index is 0.0656. The Morgan fingerprint density at radius 3 is 2.68 bits per heavy atom. The Bertz CT molecular complexity index is 421. The number of aliphatic hydroxyl groups is 1. The molecular weight excluding hydrogens is 250 g/mol. The average Bonchev–Trinajstić information content (AvgIpc) is 2.46. The van der Waals surface area contributed by atoms with E-state index in [1.165, 1.54) is 14.2 Å². The predicted molar refractivity (Wildman–Crippen MR) is 69.0 cm³/mol. The van der Waals surface area contributed by atoms with Gasteiger partial charge in [-0.2, -0.15) is 0 Å². The molecular formula is C13H19NO5. The van der Waals surface area contributed by atoms with Crippen molar-refractivity contribution in [1.82, 2.24) is 0 Å². The maximum Gasteiger partial charge on any atom is 0.322 e. The zero-order valence-electron chi connectivity index (χ0n) is 11.1. The number of carbonyl (C=O) groups is 1. The fraction of sp³-hybridized carbons (Fsp3) is 0.462. The molecule has 1 rings (SSSR count). The molecule has 1 aromatic carbocycles. The van der Waals surface area contributed by atoms with E-state index in [4.69, 9.17) is 20.3 Å². The van der Waals surface area contributed by atoms with Gasteiger partial charge in [-0.05, 0) is 17.7 Å². The molecule has 1 unspecified atom stereocenters. The molecule has 0 amide bonds. The van der Waals surface area contributed by atoms with Crippen molar-refractivity contribution in [3.8, 4) is 11.5 Å². The second-order valence-electron chi connectivity index (χ2n) is 3.91. The highest BCUT2D eigenvalue weighted by Gasteiger charge is 2.14. The number of benzene rings is 1. The number of hydrogen-bond donors (Lipinski definition) is 2. The van der Waals surface area contributed by atoms with E-state index in [9.17, 15) is 4.79 Å². The van der Waals surface area contributed by atoms with Crippen LogP contribution in [0.5, 0.6) is 11.5 Å². The molecule has 1 aromatic rings. The van der Waals surface area contributed by atoms with Gasteiger partial charge in [-0.15, -0.1) is 0 Å². The van der Waals surface area contributed by atoms with E-state index in [0.29, 0.717) is 17.9 Å². The standard InChI is InChI=1S/C13H19NO5/c1-17-12-7-9(8-15)3-4-11(12)19-6-5-10(14)13(16)18-2/h3-4,7,10,15H,5-6,8,14H2,1-2H3. The molecule has 19 heavy (non-hydrogen) atoms. The Kier molecular flexibility index (Phi) is 6.11. The number of ether oxygens (including phenoxy) is 3. The SMILES string of the molecule is COC(=O)C(N)CCOc1ccc(CO)cc1OC. The van der Waals surface area contributed by atoms with Gasteiger partial charge in [-0.25, -0.2) is 0 Å². The average molecular weight is 269 g/mol. The quantitative estimate of drug-likeness (QED) is 0.699. The molecule has 1 atom stereocenters. The summed E-state index contributed by atoms with van der Waals surface area (Å²) in [7, 11) is 2.81. The molecule has 6 heteroatoms. The van der Waals surface area contributed by atoms with E-state index < -0.39 is 12.0 Å². The fourth-order valence-electron chi connectivity index (χ4n) is 1.49. The number of methoxy groups -OCH3 is 2. The van der Waals surface area contributed by atoms with Gasteiger partial charge in [0.2, 0.25) is 0 Å². The van der Waals surface area contributed by atoms with Crippen molar-refractivity contribution in [2.24, 2.45) is 5.73 Å². The van der Waals surface area contributed by atoms with Gasteiger partial charge in [0.25, 0.3) is 0 Å². The van der Waals surface area contributed by atoms with Crippen LogP contribution in [0.3, 0.4) is 0 Å². The number of esters is 1. The summed E-state index contributed by atoms with van der Waals surface area (Å²) in [5, 5.41) is 9.02. The van der Waals surface area contributed by atoms with Crippen LogP contribution >= 0.6 is 0 Å². The maximum absolute atomic E-state index is 11.1. The van der Waals surface area contributed by atoms with E-state index in [1.807, 2.05) is 0 Å². The highest BCUT2D eigenvalue weighted by Crippen LogP contribution is 2.28. The molecule has 6 nitrogen and oxygen atoms in total. The van der Waals surface area contributed by atoms with Gasteiger partial charge in [-0.3, -0.25) is 4.79 Å². The van der Waals surface area contributed by atoms with Gasteiger partial charge < -0.3 is 25.1 Å². The smallest absolute Gasteiger partial charge is 0.322 e. The van der Waals surface area contributed by atoms with Crippen LogP contribution < -0.4 is 15.2 Å². The molecule has 3 N–H and O–H groups in total. The van der Waals surface area contributed by atoms with Crippen LogP contribution in [-0.4, -0.2) is 37.9 Å².